The number of likely N-dealkylation sites (N-methyl/N-ethyl adjacent to an activating group) is 1. The number of nitrogens with one attached hydrogen (secondary N) is 1. The Kier molecular flexibility index (Phi) is 5.15. The van der Waals surface area contributed by atoms with E-state index < -0.39 is 6.04 Å². The molecular formula is C13H17N3O2. The third-order valence-corrected chi connectivity index (χ3v) is 2.34. The van der Waals surface area contributed by atoms with Crippen molar-refractivity contribution in [3.63, 3.8) is 0 Å². The highest BCUT2D eigenvalue weighted by atomic mass is 16.5. The quantitative estimate of drug-likeness (QED) is 0.841. The highest BCUT2D eigenvalue weighted by Gasteiger charge is 2.17. The average Bonchev–Trinajstić information content (AvgIpc) is 2.35. The Morgan fingerprint density at radius 2 is 2.17 bits per heavy atom. The van der Waals surface area contributed by atoms with Gasteiger partial charge in [0.05, 0.1) is 19.7 Å². The van der Waals surface area contributed by atoms with E-state index >= 15 is 0 Å². The van der Waals surface area contributed by atoms with Crippen molar-refractivity contribution in [3.8, 4) is 11.8 Å². The van der Waals surface area contributed by atoms with Crippen LogP contribution in [0.4, 0.5) is 0 Å². The van der Waals surface area contributed by atoms with E-state index in [0.29, 0.717) is 11.3 Å². The number of amides is 1. The normalized spacial score (nSPS) is 11.7. The maximum Gasteiger partial charge on any atom is 0.235 e. The molecule has 1 aromatic carbocycles. The number of methoxy groups -OCH3 is 1. The van der Waals surface area contributed by atoms with Crippen LogP contribution in [0.1, 0.15) is 11.6 Å². The molecule has 0 radical (unpaired) electrons. The smallest absolute Gasteiger partial charge is 0.235 e. The standard InChI is InChI=1S/C13H17N3O2/c1-16(2)9-13(17)15-11(8-14)10-6-4-5-7-12(10)18-3/h4-7,11H,9H2,1-3H3,(H,15,17). The Labute approximate surface area is 107 Å². The number of para-hydroxylation sites is 1. The SMILES string of the molecule is COc1ccccc1C(C#N)NC(=O)CN(C)C. The number of ether oxygens (including phenoxy) is 1. The first-order valence-corrected chi connectivity index (χ1v) is 5.55. The molecule has 0 heterocycles. The average molecular weight is 247 g/mol. The maximum atomic E-state index is 11.7. The summed E-state index contributed by atoms with van der Waals surface area (Å²) >= 11 is 0. The van der Waals surface area contributed by atoms with Gasteiger partial charge in [0, 0.05) is 5.56 Å². The van der Waals surface area contributed by atoms with E-state index in [1.165, 1.54) is 7.11 Å². The van der Waals surface area contributed by atoms with Crippen molar-refractivity contribution in [1.82, 2.24) is 10.2 Å². The van der Waals surface area contributed by atoms with Gasteiger partial charge in [0.15, 0.2) is 0 Å². The van der Waals surface area contributed by atoms with Crippen molar-refractivity contribution in [2.24, 2.45) is 0 Å². The summed E-state index contributed by atoms with van der Waals surface area (Å²) in [7, 11) is 5.13. The molecule has 0 aliphatic carbocycles. The second-order valence-electron chi connectivity index (χ2n) is 4.11. The Morgan fingerprint density at radius 3 is 2.72 bits per heavy atom. The fourth-order valence-corrected chi connectivity index (χ4v) is 1.58. The predicted octanol–water partition coefficient (Wildman–Crippen LogP) is 0.938. The van der Waals surface area contributed by atoms with Gasteiger partial charge >= 0.3 is 0 Å². The summed E-state index contributed by atoms with van der Waals surface area (Å²) in [6.07, 6.45) is 0. The fraction of sp³-hybridized carbons (Fsp3) is 0.385. The fourth-order valence-electron chi connectivity index (χ4n) is 1.58. The summed E-state index contributed by atoms with van der Waals surface area (Å²) in [5.41, 5.74) is 0.662. The lowest BCUT2D eigenvalue weighted by atomic mass is 10.1. The minimum Gasteiger partial charge on any atom is -0.496 e. The minimum absolute atomic E-state index is 0.197. The second-order valence-corrected chi connectivity index (χ2v) is 4.11. The highest BCUT2D eigenvalue weighted by molar-refractivity contribution is 5.79. The van der Waals surface area contributed by atoms with E-state index in [-0.39, 0.29) is 12.5 Å². The van der Waals surface area contributed by atoms with Crippen molar-refractivity contribution in [2.45, 2.75) is 6.04 Å². The molecule has 0 saturated carbocycles. The van der Waals surface area contributed by atoms with E-state index in [4.69, 9.17) is 10.00 Å². The van der Waals surface area contributed by atoms with Crippen LogP contribution < -0.4 is 10.1 Å². The van der Waals surface area contributed by atoms with Crippen LogP contribution in [0.5, 0.6) is 5.75 Å². The minimum atomic E-state index is -0.700. The third kappa shape index (κ3) is 3.75. The Morgan fingerprint density at radius 1 is 1.50 bits per heavy atom. The van der Waals surface area contributed by atoms with Gasteiger partial charge in [0.25, 0.3) is 0 Å². The number of hydrogen-bond donors (Lipinski definition) is 1. The van der Waals surface area contributed by atoms with Crippen molar-refractivity contribution >= 4 is 5.91 Å². The van der Waals surface area contributed by atoms with Gasteiger partial charge in [-0.1, -0.05) is 18.2 Å². The summed E-state index contributed by atoms with van der Waals surface area (Å²) < 4.78 is 5.18. The highest BCUT2D eigenvalue weighted by Crippen LogP contribution is 2.24. The lowest BCUT2D eigenvalue weighted by Gasteiger charge is -2.16. The molecule has 0 aliphatic heterocycles. The first-order valence-electron chi connectivity index (χ1n) is 5.55. The molecule has 5 heteroatoms. The van der Waals surface area contributed by atoms with Crippen molar-refractivity contribution in [3.05, 3.63) is 29.8 Å². The summed E-state index contributed by atoms with van der Waals surface area (Å²) in [5.74, 6) is 0.395. The van der Waals surface area contributed by atoms with Gasteiger partial charge in [-0.3, -0.25) is 4.79 Å². The molecule has 0 saturated heterocycles. The number of carbonyl (C=O) groups excluding carboxylic acids is 1. The van der Waals surface area contributed by atoms with Gasteiger partial charge in [-0.25, -0.2) is 0 Å². The first-order chi connectivity index (χ1) is 8.58. The van der Waals surface area contributed by atoms with Crippen LogP contribution in [0.25, 0.3) is 0 Å². The number of nitrogens with zero attached hydrogens (tertiary/aromatic N) is 2. The van der Waals surface area contributed by atoms with Crippen LogP contribution in [0.2, 0.25) is 0 Å². The molecule has 1 unspecified atom stereocenters. The molecule has 1 rings (SSSR count). The number of hydrogen-bond acceptors (Lipinski definition) is 4. The topological polar surface area (TPSA) is 65.4 Å². The van der Waals surface area contributed by atoms with Crippen LogP contribution in [-0.4, -0.2) is 38.6 Å². The molecule has 1 N–H and O–H groups in total. The largest absolute Gasteiger partial charge is 0.496 e. The summed E-state index contributed by atoms with van der Waals surface area (Å²) in [6, 6.07) is 8.52. The molecule has 0 bridgehead atoms. The zero-order valence-corrected chi connectivity index (χ0v) is 10.8. The van der Waals surface area contributed by atoms with Crippen LogP contribution in [0.15, 0.2) is 24.3 Å². The molecule has 0 aromatic heterocycles. The van der Waals surface area contributed by atoms with E-state index in [0.717, 1.165) is 0 Å². The Hall–Kier alpha value is -2.06. The lowest BCUT2D eigenvalue weighted by molar-refractivity contribution is -0.122. The van der Waals surface area contributed by atoms with Crippen LogP contribution >= 0.6 is 0 Å². The van der Waals surface area contributed by atoms with Crippen LogP contribution in [0.3, 0.4) is 0 Å². The zero-order chi connectivity index (χ0) is 13.5. The molecule has 0 fully saturated rings. The third-order valence-electron chi connectivity index (χ3n) is 2.34. The monoisotopic (exact) mass is 247 g/mol. The van der Waals surface area contributed by atoms with E-state index in [1.54, 1.807) is 37.2 Å². The number of benzene rings is 1. The number of rotatable bonds is 5. The molecule has 1 aromatic rings. The first kappa shape index (κ1) is 14.0. The van der Waals surface area contributed by atoms with Gasteiger partial charge in [-0.05, 0) is 20.2 Å². The molecule has 1 amide bonds. The second kappa shape index (κ2) is 6.62. The van der Waals surface area contributed by atoms with E-state index in [1.807, 2.05) is 6.07 Å². The summed E-state index contributed by atoms with van der Waals surface area (Å²) in [4.78, 5) is 13.4. The van der Waals surface area contributed by atoms with Crippen LogP contribution in [0, 0.1) is 11.3 Å². The Bertz CT molecular complexity index is 452. The molecule has 5 nitrogen and oxygen atoms in total. The molecule has 0 spiro atoms. The van der Waals surface area contributed by atoms with Gasteiger partial charge in [0.1, 0.15) is 11.8 Å². The zero-order valence-electron chi connectivity index (χ0n) is 10.8. The maximum absolute atomic E-state index is 11.7. The number of nitriles is 1. The van der Waals surface area contributed by atoms with Crippen molar-refractivity contribution in [1.29, 1.82) is 5.26 Å². The molecule has 96 valence electrons. The predicted molar refractivity (Wildman–Crippen MR) is 68.0 cm³/mol. The van der Waals surface area contributed by atoms with Gasteiger partial charge in [0.2, 0.25) is 5.91 Å². The van der Waals surface area contributed by atoms with Crippen LogP contribution in [-0.2, 0) is 4.79 Å². The van der Waals surface area contributed by atoms with Crippen molar-refractivity contribution < 1.29 is 9.53 Å². The molecule has 1 atom stereocenters. The molecule has 0 aliphatic rings. The number of carbonyl (C=O) groups is 1. The van der Waals surface area contributed by atoms with Gasteiger partial charge in [-0.2, -0.15) is 5.26 Å². The summed E-state index contributed by atoms with van der Waals surface area (Å²) in [5, 5.41) is 11.8. The van der Waals surface area contributed by atoms with Gasteiger partial charge in [-0.15, -0.1) is 0 Å². The Balaban J connectivity index is 2.84. The van der Waals surface area contributed by atoms with E-state index in [9.17, 15) is 4.79 Å². The van der Waals surface area contributed by atoms with Crippen molar-refractivity contribution in [2.75, 3.05) is 27.7 Å². The van der Waals surface area contributed by atoms with Gasteiger partial charge < -0.3 is 15.0 Å². The molecular weight excluding hydrogens is 230 g/mol. The molecule has 18 heavy (non-hydrogen) atoms. The lowest BCUT2D eigenvalue weighted by Crippen LogP contribution is -2.35. The van der Waals surface area contributed by atoms with E-state index in [2.05, 4.69) is 11.4 Å². The summed E-state index contributed by atoms with van der Waals surface area (Å²) in [6.45, 7) is 0.243.